The van der Waals surface area contributed by atoms with E-state index >= 15 is 0 Å². The quantitative estimate of drug-likeness (QED) is 0.648. The van der Waals surface area contributed by atoms with E-state index in [0.29, 0.717) is 31.0 Å². The summed E-state index contributed by atoms with van der Waals surface area (Å²) >= 11 is 0. The monoisotopic (exact) mass is 422 g/mol. The van der Waals surface area contributed by atoms with Crippen molar-refractivity contribution in [1.82, 2.24) is 19.9 Å². The second kappa shape index (κ2) is 9.62. The summed E-state index contributed by atoms with van der Waals surface area (Å²) in [4.78, 5) is 40.9. The minimum absolute atomic E-state index is 0.119. The average Bonchev–Trinajstić information content (AvgIpc) is 2.78. The lowest BCUT2D eigenvalue weighted by Gasteiger charge is -2.40. The van der Waals surface area contributed by atoms with Gasteiger partial charge in [0.25, 0.3) is 5.91 Å². The molecular weight excluding hydrogens is 396 g/mol. The van der Waals surface area contributed by atoms with Crippen LogP contribution in [0.1, 0.15) is 37.9 Å². The zero-order valence-electron chi connectivity index (χ0n) is 18.2. The summed E-state index contributed by atoms with van der Waals surface area (Å²) in [5.74, 6) is -0.387. The molecule has 0 spiro atoms. The zero-order chi connectivity index (χ0) is 22.5. The second-order valence-electron chi connectivity index (χ2n) is 7.84. The van der Waals surface area contributed by atoms with E-state index in [1.165, 1.54) is 13.4 Å². The number of nitriles is 1. The summed E-state index contributed by atoms with van der Waals surface area (Å²) < 4.78 is 4.79. The number of carbonyl (C=O) groups is 2. The smallest absolute Gasteiger partial charge is 0.292 e. The van der Waals surface area contributed by atoms with E-state index in [9.17, 15) is 14.9 Å². The molecule has 0 aromatic carbocycles. The van der Waals surface area contributed by atoms with Gasteiger partial charge < -0.3 is 14.5 Å². The van der Waals surface area contributed by atoms with Gasteiger partial charge in [0.1, 0.15) is 24.8 Å². The molecule has 2 aromatic heterocycles. The third-order valence-electron chi connectivity index (χ3n) is 5.27. The first-order valence-electron chi connectivity index (χ1n) is 10.2. The zero-order valence-corrected chi connectivity index (χ0v) is 18.2. The number of methoxy groups -OCH3 is 1. The third-order valence-corrected chi connectivity index (χ3v) is 5.27. The number of hydrogen-bond acceptors (Lipinski definition) is 8. The normalized spacial score (nSPS) is 16.3. The van der Waals surface area contributed by atoms with Crippen molar-refractivity contribution in [2.45, 2.75) is 32.7 Å². The van der Waals surface area contributed by atoms with Crippen LogP contribution in [0.2, 0.25) is 0 Å². The van der Waals surface area contributed by atoms with Gasteiger partial charge in [0.15, 0.2) is 0 Å². The number of Topliss-reactive ketones (excluding diaryl/α,β-unsaturated/α-hetero) is 1. The van der Waals surface area contributed by atoms with Gasteiger partial charge in [-0.2, -0.15) is 5.26 Å². The van der Waals surface area contributed by atoms with Crippen LogP contribution in [0.15, 0.2) is 24.8 Å². The van der Waals surface area contributed by atoms with Gasteiger partial charge in [-0.05, 0) is 18.9 Å². The molecule has 1 fully saturated rings. The van der Waals surface area contributed by atoms with Gasteiger partial charge in [0.05, 0.1) is 11.3 Å². The van der Waals surface area contributed by atoms with Gasteiger partial charge in [-0.15, -0.1) is 0 Å². The largest absolute Gasteiger partial charge is 0.376 e. The van der Waals surface area contributed by atoms with Crippen molar-refractivity contribution in [3.05, 3.63) is 36.0 Å². The number of amides is 1. The van der Waals surface area contributed by atoms with Gasteiger partial charge in [-0.25, -0.2) is 15.0 Å². The molecule has 0 bridgehead atoms. The predicted molar refractivity (Wildman–Crippen MR) is 114 cm³/mol. The molecule has 0 aliphatic carbocycles. The first kappa shape index (κ1) is 22.3. The first-order valence-corrected chi connectivity index (χ1v) is 10.2. The molecule has 2 aromatic rings. The highest BCUT2D eigenvalue weighted by molar-refractivity contribution is 6.36. The van der Waals surface area contributed by atoms with Crippen molar-refractivity contribution in [3.63, 3.8) is 0 Å². The predicted octanol–water partition coefficient (Wildman–Crippen LogP) is 1.79. The summed E-state index contributed by atoms with van der Waals surface area (Å²) in [6.07, 6.45) is 4.88. The SMILES string of the molecule is COCC(=O)C(=O)N1CCN(c2nc(C(C)C)c(-c3cncnc3)cc2C#N)C[C@H]1C. The fraction of sp³-hybridized carbons (Fsp3) is 0.455. The Balaban J connectivity index is 1.92. The van der Waals surface area contributed by atoms with E-state index in [1.54, 1.807) is 17.3 Å². The van der Waals surface area contributed by atoms with Crippen LogP contribution in [0.25, 0.3) is 11.1 Å². The Morgan fingerprint density at radius 3 is 2.58 bits per heavy atom. The Kier molecular flexibility index (Phi) is 6.92. The lowest BCUT2D eigenvalue weighted by molar-refractivity contribution is -0.148. The topological polar surface area (TPSA) is 112 Å². The number of piperazine rings is 1. The Morgan fingerprint density at radius 2 is 2.00 bits per heavy atom. The van der Waals surface area contributed by atoms with Crippen molar-refractivity contribution in [3.8, 4) is 17.2 Å². The van der Waals surface area contributed by atoms with Crippen molar-refractivity contribution in [2.24, 2.45) is 0 Å². The first-order chi connectivity index (χ1) is 14.9. The molecular formula is C22H26N6O3. The molecule has 0 radical (unpaired) electrons. The maximum absolute atomic E-state index is 12.4. The summed E-state index contributed by atoms with van der Waals surface area (Å²) in [6.45, 7) is 7.07. The molecule has 3 rings (SSSR count). The Hall–Kier alpha value is -3.38. The lowest BCUT2D eigenvalue weighted by atomic mass is 9.97. The number of pyridine rings is 1. The molecule has 1 aliphatic heterocycles. The van der Waals surface area contributed by atoms with Crippen molar-refractivity contribution >= 4 is 17.5 Å². The highest BCUT2D eigenvalue weighted by atomic mass is 16.5. The third kappa shape index (κ3) is 4.70. The number of hydrogen-bond donors (Lipinski definition) is 0. The van der Waals surface area contributed by atoms with Crippen LogP contribution in [-0.4, -0.2) is 70.9 Å². The molecule has 3 heterocycles. The van der Waals surface area contributed by atoms with E-state index < -0.39 is 11.7 Å². The highest BCUT2D eigenvalue weighted by Gasteiger charge is 2.32. The molecule has 162 valence electrons. The Bertz CT molecular complexity index is 1000. The molecule has 0 N–H and O–H groups in total. The number of ketones is 1. The van der Waals surface area contributed by atoms with E-state index in [0.717, 1.165) is 16.8 Å². The average molecular weight is 422 g/mol. The molecule has 9 nitrogen and oxygen atoms in total. The maximum atomic E-state index is 12.4. The lowest BCUT2D eigenvalue weighted by Crippen LogP contribution is -2.56. The van der Waals surface area contributed by atoms with E-state index in [2.05, 4.69) is 16.0 Å². The Morgan fingerprint density at radius 1 is 1.29 bits per heavy atom. The maximum Gasteiger partial charge on any atom is 0.292 e. The van der Waals surface area contributed by atoms with Crippen LogP contribution in [0.3, 0.4) is 0 Å². The number of carbonyl (C=O) groups excluding carboxylic acids is 2. The van der Waals surface area contributed by atoms with Crippen molar-refractivity contribution < 1.29 is 14.3 Å². The molecule has 1 amide bonds. The minimum Gasteiger partial charge on any atom is -0.376 e. The Labute approximate surface area is 181 Å². The second-order valence-corrected chi connectivity index (χ2v) is 7.84. The molecule has 9 heteroatoms. The van der Waals surface area contributed by atoms with Crippen LogP contribution in [0.4, 0.5) is 5.82 Å². The van der Waals surface area contributed by atoms with Gasteiger partial charge in [-0.3, -0.25) is 9.59 Å². The standard InChI is InChI=1S/C22H26N6O3/c1-14(2)20-18(17-9-24-13-25-10-17)7-16(8-23)21(26-20)27-5-6-28(15(3)11-27)22(30)19(29)12-31-4/h7,9-10,13-15H,5-6,11-12H2,1-4H3/t15-/m1/s1. The van der Waals surface area contributed by atoms with Crippen molar-refractivity contribution in [1.29, 1.82) is 5.26 Å². The number of aromatic nitrogens is 3. The molecule has 1 saturated heterocycles. The number of ether oxygens (including phenoxy) is 1. The van der Waals surface area contributed by atoms with E-state index in [1.807, 2.05) is 31.7 Å². The van der Waals surface area contributed by atoms with Gasteiger partial charge >= 0.3 is 0 Å². The molecule has 1 atom stereocenters. The summed E-state index contributed by atoms with van der Waals surface area (Å²) in [6, 6.07) is 3.88. The van der Waals surface area contributed by atoms with Crippen LogP contribution >= 0.6 is 0 Å². The number of rotatable bonds is 6. The van der Waals surface area contributed by atoms with Crippen LogP contribution in [-0.2, 0) is 14.3 Å². The van der Waals surface area contributed by atoms with Gasteiger partial charge in [-0.1, -0.05) is 13.8 Å². The molecule has 0 unspecified atom stereocenters. The van der Waals surface area contributed by atoms with Gasteiger partial charge in [0, 0.05) is 56.3 Å². The van der Waals surface area contributed by atoms with Crippen LogP contribution in [0, 0.1) is 11.3 Å². The van der Waals surface area contributed by atoms with E-state index in [-0.39, 0.29) is 18.6 Å². The van der Waals surface area contributed by atoms with Crippen molar-refractivity contribution in [2.75, 3.05) is 38.3 Å². The molecule has 1 aliphatic rings. The number of nitrogens with zero attached hydrogens (tertiary/aromatic N) is 6. The fourth-order valence-electron chi connectivity index (χ4n) is 3.75. The van der Waals surface area contributed by atoms with Crippen LogP contribution < -0.4 is 4.90 Å². The van der Waals surface area contributed by atoms with E-state index in [4.69, 9.17) is 9.72 Å². The minimum atomic E-state index is -0.560. The highest BCUT2D eigenvalue weighted by Crippen LogP contribution is 2.32. The fourth-order valence-corrected chi connectivity index (χ4v) is 3.75. The molecule has 0 saturated carbocycles. The number of anilines is 1. The van der Waals surface area contributed by atoms with Crippen LogP contribution in [0.5, 0.6) is 0 Å². The summed E-state index contributed by atoms with van der Waals surface area (Å²) in [7, 11) is 1.39. The molecule has 31 heavy (non-hydrogen) atoms. The summed E-state index contributed by atoms with van der Waals surface area (Å²) in [5.41, 5.74) is 2.95. The summed E-state index contributed by atoms with van der Waals surface area (Å²) in [5, 5.41) is 9.82. The van der Waals surface area contributed by atoms with Gasteiger partial charge in [0.2, 0.25) is 5.78 Å².